The number of carbonyl (C=O) groups is 1. The van der Waals surface area contributed by atoms with Crippen LogP contribution in [0.15, 0.2) is 55.1 Å². The zero-order valence-corrected chi connectivity index (χ0v) is 18.4. The number of alkyl halides is 3. The number of nitrogens with zero attached hydrogens (tertiary/aromatic N) is 4. The van der Waals surface area contributed by atoms with E-state index in [-0.39, 0.29) is 5.69 Å². The molecule has 4 rings (SSSR count). The maximum Gasteiger partial charge on any atom is 0.447 e. The van der Waals surface area contributed by atoms with Crippen LogP contribution in [0.2, 0.25) is 0 Å². The molecule has 1 amide bonds. The molecule has 0 unspecified atom stereocenters. The minimum atomic E-state index is -5.37. The van der Waals surface area contributed by atoms with Crippen LogP contribution in [0.4, 0.5) is 24.7 Å². The van der Waals surface area contributed by atoms with E-state index in [1.807, 2.05) is 6.07 Å². The largest absolute Gasteiger partial charge is 0.447 e. The van der Waals surface area contributed by atoms with Crippen molar-refractivity contribution in [3.63, 3.8) is 0 Å². The Morgan fingerprint density at radius 2 is 1.74 bits per heavy atom. The number of aliphatic hydroxyl groups is 2. The zero-order valence-electron chi connectivity index (χ0n) is 18.4. The Labute approximate surface area is 196 Å². The van der Waals surface area contributed by atoms with E-state index in [1.165, 1.54) is 6.20 Å². The average Bonchev–Trinajstić information content (AvgIpc) is 2.84. The molecule has 0 bridgehead atoms. The summed E-state index contributed by atoms with van der Waals surface area (Å²) in [5.41, 5.74) is 1.63. The van der Waals surface area contributed by atoms with Gasteiger partial charge < -0.3 is 20.8 Å². The lowest BCUT2D eigenvalue weighted by atomic mass is 10.0. The van der Waals surface area contributed by atoms with Gasteiger partial charge in [-0.3, -0.25) is 19.7 Å². The summed E-state index contributed by atoms with van der Waals surface area (Å²) in [6.07, 6.45) is 0.226. The number of rotatable bonds is 5. The Bertz CT molecular complexity index is 1430. The Morgan fingerprint density at radius 1 is 0.971 bits per heavy atom. The van der Waals surface area contributed by atoms with Crippen LogP contribution in [0.25, 0.3) is 22.0 Å². The van der Waals surface area contributed by atoms with E-state index in [4.69, 9.17) is 0 Å². The average molecular weight is 484 g/mol. The molecule has 9 nitrogen and oxygen atoms in total. The van der Waals surface area contributed by atoms with Gasteiger partial charge in [-0.2, -0.15) is 13.2 Å². The van der Waals surface area contributed by atoms with E-state index < -0.39 is 29.1 Å². The second kappa shape index (κ2) is 8.89. The van der Waals surface area contributed by atoms with Crippen LogP contribution in [0.5, 0.6) is 0 Å². The van der Waals surface area contributed by atoms with Crippen molar-refractivity contribution >= 4 is 28.3 Å². The first-order valence-corrected chi connectivity index (χ1v) is 10.2. The van der Waals surface area contributed by atoms with Gasteiger partial charge in [0.2, 0.25) is 0 Å². The number of fused-ring (bicyclic) bond motifs is 1. The van der Waals surface area contributed by atoms with Gasteiger partial charge in [0.25, 0.3) is 11.7 Å². The summed E-state index contributed by atoms with van der Waals surface area (Å²) in [7, 11) is 1.75. The maximum absolute atomic E-state index is 12.9. The first-order valence-electron chi connectivity index (χ1n) is 10.2. The SMILES string of the molecule is CNc1cc2ncc(-c3cc(NC(=O)c4cc(C(O)(O)C(F)(F)F)ccn4)cnc3C)cc2cn1. The molecule has 0 atom stereocenters. The summed E-state index contributed by atoms with van der Waals surface area (Å²) >= 11 is 0. The normalized spacial score (nSPS) is 12.0. The number of aryl methyl sites for hydroxylation is 1. The highest BCUT2D eigenvalue weighted by atomic mass is 19.4. The molecule has 4 heterocycles. The molecular formula is C23H19F3N6O3. The monoisotopic (exact) mass is 484 g/mol. The Kier molecular flexibility index (Phi) is 6.09. The minimum absolute atomic E-state index is 0.252. The third-order valence-corrected chi connectivity index (χ3v) is 5.27. The first kappa shape index (κ1) is 24.0. The molecule has 0 aromatic carbocycles. The van der Waals surface area contributed by atoms with Gasteiger partial charge in [0.15, 0.2) is 0 Å². The second-order valence-electron chi connectivity index (χ2n) is 7.65. The molecule has 0 aliphatic heterocycles. The van der Waals surface area contributed by atoms with Gasteiger partial charge in [-0.1, -0.05) is 0 Å². The van der Waals surface area contributed by atoms with Gasteiger partial charge in [-0.05, 0) is 31.2 Å². The van der Waals surface area contributed by atoms with Crippen molar-refractivity contribution < 1.29 is 28.2 Å². The number of pyridine rings is 4. The van der Waals surface area contributed by atoms with E-state index in [1.54, 1.807) is 38.5 Å². The second-order valence-corrected chi connectivity index (χ2v) is 7.65. The van der Waals surface area contributed by atoms with Crippen LogP contribution in [-0.4, -0.2) is 49.3 Å². The third kappa shape index (κ3) is 4.74. The van der Waals surface area contributed by atoms with E-state index in [2.05, 4.69) is 30.6 Å². The lowest BCUT2D eigenvalue weighted by Gasteiger charge is -2.24. The molecule has 0 spiro atoms. The Hall–Kier alpha value is -4.16. The van der Waals surface area contributed by atoms with Gasteiger partial charge in [0, 0.05) is 59.5 Å². The highest BCUT2D eigenvalue weighted by Crippen LogP contribution is 2.36. The van der Waals surface area contributed by atoms with Crippen molar-refractivity contribution in [1.29, 1.82) is 0 Å². The minimum Gasteiger partial charge on any atom is -0.373 e. The molecular weight excluding hydrogens is 465 g/mol. The lowest BCUT2D eigenvalue weighted by molar-refractivity contribution is -0.358. The fourth-order valence-electron chi connectivity index (χ4n) is 3.33. The predicted octanol–water partition coefficient (Wildman–Crippen LogP) is 3.39. The van der Waals surface area contributed by atoms with Crippen LogP contribution < -0.4 is 10.6 Å². The summed E-state index contributed by atoms with van der Waals surface area (Å²) in [6, 6.07) is 6.73. The number of aromatic nitrogens is 4. The molecule has 35 heavy (non-hydrogen) atoms. The summed E-state index contributed by atoms with van der Waals surface area (Å²) in [5.74, 6) is -4.31. The maximum atomic E-state index is 12.9. The molecule has 0 aliphatic rings. The van der Waals surface area contributed by atoms with Crippen molar-refractivity contribution in [3.05, 3.63) is 72.1 Å². The molecule has 0 saturated heterocycles. The quantitative estimate of drug-likeness (QED) is 0.317. The van der Waals surface area contributed by atoms with Gasteiger partial charge in [-0.15, -0.1) is 0 Å². The number of nitrogens with one attached hydrogen (secondary N) is 2. The first-order chi connectivity index (χ1) is 16.5. The smallest absolute Gasteiger partial charge is 0.373 e. The molecule has 0 radical (unpaired) electrons. The Morgan fingerprint density at radius 3 is 2.46 bits per heavy atom. The van der Waals surface area contributed by atoms with Gasteiger partial charge in [-0.25, -0.2) is 4.98 Å². The van der Waals surface area contributed by atoms with Gasteiger partial charge in [0.05, 0.1) is 17.4 Å². The molecule has 0 saturated carbocycles. The molecule has 4 aromatic rings. The highest BCUT2D eigenvalue weighted by molar-refractivity contribution is 6.03. The van der Waals surface area contributed by atoms with Crippen LogP contribution in [0.3, 0.4) is 0 Å². The molecule has 4 aromatic heterocycles. The fraction of sp³-hybridized carbons (Fsp3) is 0.174. The number of hydrogen-bond donors (Lipinski definition) is 4. The van der Waals surface area contributed by atoms with Crippen molar-refractivity contribution in [3.8, 4) is 11.1 Å². The predicted molar refractivity (Wildman–Crippen MR) is 121 cm³/mol. The van der Waals surface area contributed by atoms with Gasteiger partial charge >= 0.3 is 6.18 Å². The number of hydrogen-bond acceptors (Lipinski definition) is 8. The lowest BCUT2D eigenvalue weighted by Crippen LogP contribution is -2.42. The van der Waals surface area contributed by atoms with Crippen molar-refractivity contribution in [2.75, 3.05) is 17.7 Å². The zero-order chi connectivity index (χ0) is 25.4. The summed E-state index contributed by atoms with van der Waals surface area (Å²) in [6.45, 7) is 1.78. The van der Waals surface area contributed by atoms with E-state index in [0.29, 0.717) is 28.7 Å². The number of halogens is 3. The molecule has 180 valence electrons. The number of amides is 1. The number of anilines is 2. The Balaban J connectivity index is 1.62. The summed E-state index contributed by atoms with van der Waals surface area (Å²) in [4.78, 5) is 29.4. The van der Waals surface area contributed by atoms with Crippen molar-refractivity contribution in [2.24, 2.45) is 0 Å². The van der Waals surface area contributed by atoms with Crippen molar-refractivity contribution in [2.45, 2.75) is 18.9 Å². The highest BCUT2D eigenvalue weighted by Gasteiger charge is 2.54. The van der Waals surface area contributed by atoms with Crippen LogP contribution in [0.1, 0.15) is 21.7 Å². The molecule has 12 heteroatoms. The molecule has 4 N–H and O–H groups in total. The summed E-state index contributed by atoms with van der Waals surface area (Å²) < 4.78 is 38.8. The third-order valence-electron chi connectivity index (χ3n) is 5.27. The molecule has 0 aliphatic carbocycles. The van der Waals surface area contributed by atoms with E-state index >= 15 is 0 Å². The van der Waals surface area contributed by atoms with Crippen LogP contribution in [0, 0.1) is 6.92 Å². The topological polar surface area (TPSA) is 133 Å². The van der Waals surface area contributed by atoms with Crippen LogP contribution >= 0.6 is 0 Å². The number of carbonyl (C=O) groups excluding carboxylic acids is 1. The molecule has 0 fully saturated rings. The van der Waals surface area contributed by atoms with Crippen LogP contribution in [-0.2, 0) is 5.79 Å². The van der Waals surface area contributed by atoms with E-state index in [9.17, 15) is 28.2 Å². The van der Waals surface area contributed by atoms with E-state index in [0.717, 1.165) is 23.2 Å². The fourth-order valence-corrected chi connectivity index (χ4v) is 3.33. The van der Waals surface area contributed by atoms with Gasteiger partial charge in [0.1, 0.15) is 11.5 Å². The van der Waals surface area contributed by atoms with Crippen molar-refractivity contribution in [1.82, 2.24) is 19.9 Å². The standard InChI is InChI=1S/C23H19F3N6O3/c1-12-17(13-5-14-10-31-20(27-2)8-18(14)30-9-13)7-16(11-29-12)32-21(33)19-6-15(3-4-28-19)22(34,35)23(24,25)26/h3-11,34-35H,1-2H3,(H,27,31)(H,32,33). The summed E-state index contributed by atoms with van der Waals surface area (Å²) in [5, 5.41) is 25.2.